The van der Waals surface area contributed by atoms with Crippen LogP contribution in [0.25, 0.3) is 0 Å². The van der Waals surface area contributed by atoms with Gasteiger partial charge in [-0.25, -0.2) is 0 Å². The Hall–Kier alpha value is -1.27. The van der Waals surface area contributed by atoms with Crippen molar-refractivity contribution in [2.45, 2.75) is 58.3 Å². The quantitative estimate of drug-likeness (QED) is 0.889. The maximum atomic E-state index is 12.4. The van der Waals surface area contributed by atoms with Gasteiger partial charge in [0.1, 0.15) is 5.01 Å². The number of hydrogen-bond donors (Lipinski definition) is 1. The van der Waals surface area contributed by atoms with E-state index in [-0.39, 0.29) is 5.91 Å². The number of hydrogen-bond acceptors (Lipinski definition) is 5. The average molecular weight is 335 g/mol. The van der Waals surface area contributed by atoms with Gasteiger partial charge in [-0.05, 0) is 37.3 Å². The van der Waals surface area contributed by atoms with Crippen molar-refractivity contribution >= 4 is 33.7 Å². The first-order valence-corrected chi connectivity index (χ1v) is 9.53. The van der Waals surface area contributed by atoms with Crippen LogP contribution in [0.15, 0.2) is 6.07 Å². The smallest absolute Gasteiger partial charge is 0.267 e. The maximum absolute atomic E-state index is 12.4. The summed E-state index contributed by atoms with van der Waals surface area (Å²) in [6.45, 7) is 4.15. The fraction of sp³-hybridized carbons (Fsp3) is 0.562. The molecule has 3 rings (SSSR count). The van der Waals surface area contributed by atoms with Crippen LogP contribution in [0, 0.1) is 0 Å². The number of carbonyl (C=O) groups excluding carboxylic acids is 1. The minimum atomic E-state index is -0.0526. The summed E-state index contributed by atoms with van der Waals surface area (Å²) in [5.41, 5.74) is 1.37. The Morgan fingerprint density at radius 3 is 2.64 bits per heavy atom. The van der Waals surface area contributed by atoms with Crippen LogP contribution in [0.4, 0.5) is 5.13 Å². The number of nitrogens with one attached hydrogen (secondary N) is 1. The van der Waals surface area contributed by atoms with Crippen LogP contribution in [0.1, 0.15) is 70.6 Å². The lowest BCUT2D eigenvalue weighted by molar-refractivity contribution is 0.103. The van der Waals surface area contributed by atoms with Crippen molar-refractivity contribution in [1.29, 1.82) is 0 Å². The summed E-state index contributed by atoms with van der Waals surface area (Å²) in [5, 5.41) is 12.6. The molecule has 0 fully saturated rings. The van der Waals surface area contributed by atoms with Crippen molar-refractivity contribution in [3.63, 3.8) is 0 Å². The van der Waals surface area contributed by atoms with Crippen LogP contribution in [0.2, 0.25) is 0 Å². The van der Waals surface area contributed by atoms with E-state index in [1.807, 2.05) is 0 Å². The second-order valence-electron chi connectivity index (χ2n) is 6.03. The van der Waals surface area contributed by atoms with E-state index < -0.39 is 0 Å². The van der Waals surface area contributed by atoms with E-state index in [4.69, 9.17) is 0 Å². The van der Waals surface area contributed by atoms with Crippen molar-refractivity contribution in [3.05, 3.63) is 26.4 Å². The second-order valence-corrected chi connectivity index (χ2v) is 8.17. The summed E-state index contributed by atoms with van der Waals surface area (Å²) < 4.78 is 0. The molecule has 6 heteroatoms. The van der Waals surface area contributed by atoms with Crippen molar-refractivity contribution < 1.29 is 4.79 Å². The number of fused-ring (bicyclic) bond motifs is 1. The molecule has 1 aliphatic rings. The molecule has 0 spiro atoms. The fourth-order valence-corrected chi connectivity index (χ4v) is 4.52. The van der Waals surface area contributed by atoms with Crippen LogP contribution < -0.4 is 5.32 Å². The molecular formula is C16H21N3OS2. The van der Waals surface area contributed by atoms with Crippen molar-refractivity contribution in [3.8, 4) is 0 Å². The standard InChI is InChI=1S/C16H21N3OS2/c1-10(2)15-18-19-16(22-15)17-14(20)13-9-11-7-5-3-4-6-8-12(11)21-13/h9-10H,3-8H2,1-2H3,(H,17,19,20). The minimum absolute atomic E-state index is 0.0526. The molecule has 0 aromatic carbocycles. The van der Waals surface area contributed by atoms with Gasteiger partial charge in [0.05, 0.1) is 4.88 Å². The maximum Gasteiger partial charge on any atom is 0.267 e. The third-order valence-corrected chi connectivity index (χ3v) is 6.25. The lowest BCUT2D eigenvalue weighted by Crippen LogP contribution is -2.09. The van der Waals surface area contributed by atoms with E-state index >= 15 is 0 Å². The highest BCUT2D eigenvalue weighted by molar-refractivity contribution is 7.16. The molecule has 0 radical (unpaired) electrons. The summed E-state index contributed by atoms with van der Waals surface area (Å²) in [5.74, 6) is 0.285. The molecule has 0 saturated heterocycles. The van der Waals surface area contributed by atoms with Crippen molar-refractivity contribution in [1.82, 2.24) is 10.2 Å². The van der Waals surface area contributed by atoms with Gasteiger partial charge < -0.3 is 0 Å². The Bertz CT molecular complexity index is 635. The molecule has 4 nitrogen and oxygen atoms in total. The van der Waals surface area contributed by atoms with Crippen molar-refractivity contribution in [2.24, 2.45) is 0 Å². The molecule has 0 aliphatic heterocycles. The van der Waals surface area contributed by atoms with Crippen LogP contribution in [-0.4, -0.2) is 16.1 Å². The molecule has 118 valence electrons. The first-order valence-electron chi connectivity index (χ1n) is 7.90. The van der Waals surface area contributed by atoms with Crippen LogP contribution in [-0.2, 0) is 12.8 Å². The Morgan fingerprint density at radius 2 is 1.91 bits per heavy atom. The van der Waals surface area contributed by atoms with Gasteiger partial charge >= 0.3 is 0 Å². The third kappa shape index (κ3) is 3.55. The highest BCUT2D eigenvalue weighted by Gasteiger charge is 2.17. The molecule has 0 bridgehead atoms. The Balaban J connectivity index is 1.72. The van der Waals surface area contributed by atoms with E-state index in [2.05, 4.69) is 35.4 Å². The highest BCUT2D eigenvalue weighted by Crippen LogP contribution is 2.29. The Kier molecular flexibility index (Phi) is 4.88. The molecule has 1 amide bonds. The summed E-state index contributed by atoms with van der Waals surface area (Å²) >= 11 is 3.10. The highest BCUT2D eigenvalue weighted by atomic mass is 32.1. The van der Waals surface area contributed by atoms with Crippen LogP contribution in [0.5, 0.6) is 0 Å². The number of rotatable bonds is 3. The summed E-state index contributed by atoms with van der Waals surface area (Å²) in [7, 11) is 0. The lowest BCUT2D eigenvalue weighted by Gasteiger charge is -2.07. The molecule has 1 aliphatic carbocycles. The van der Waals surface area contributed by atoms with E-state index in [1.165, 1.54) is 47.5 Å². The van der Waals surface area contributed by atoms with Gasteiger partial charge in [0.2, 0.25) is 5.13 Å². The molecule has 0 unspecified atom stereocenters. The van der Waals surface area contributed by atoms with Gasteiger partial charge in [-0.2, -0.15) is 0 Å². The zero-order valence-electron chi connectivity index (χ0n) is 13.0. The Labute approximate surface area is 139 Å². The average Bonchev–Trinajstić information content (AvgIpc) is 3.06. The van der Waals surface area contributed by atoms with Gasteiger partial charge in [-0.3, -0.25) is 10.1 Å². The normalized spacial score (nSPS) is 15.2. The van der Waals surface area contributed by atoms with Gasteiger partial charge in [-0.15, -0.1) is 21.5 Å². The Morgan fingerprint density at radius 1 is 1.14 bits per heavy atom. The van der Waals surface area contributed by atoms with Gasteiger partial charge in [0.25, 0.3) is 5.91 Å². The van der Waals surface area contributed by atoms with E-state index in [1.54, 1.807) is 11.3 Å². The SMILES string of the molecule is CC(C)c1nnc(NC(=O)c2cc3c(s2)CCCCCC3)s1. The predicted octanol–water partition coefficient (Wildman–Crippen LogP) is 4.63. The fourth-order valence-electron chi connectivity index (χ4n) is 2.63. The summed E-state index contributed by atoms with van der Waals surface area (Å²) in [4.78, 5) is 14.6. The molecular weight excluding hydrogens is 314 g/mol. The summed E-state index contributed by atoms with van der Waals surface area (Å²) in [6, 6.07) is 2.07. The number of amides is 1. The zero-order valence-corrected chi connectivity index (χ0v) is 14.6. The van der Waals surface area contributed by atoms with Crippen molar-refractivity contribution in [2.75, 3.05) is 5.32 Å². The van der Waals surface area contributed by atoms with Crippen LogP contribution in [0.3, 0.4) is 0 Å². The molecule has 2 aromatic rings. The number of anilines is 1. The minimum Gasteiger partial charge on any atom is -0.296 e. The molecule has 2 aromatic heterocycles. The van der Waals surface area contributed by atoms with Gasteiger partial charge in [0, 0.05) is 10.8 Å². The molecule has 2 heterocycles. The molecule has 0 atom stereocenters. The molecule has 1 N–H and O–H groups in total. The first-order chi connectivity index (χ1) is 10.6. The predicted molar refractivity (Wildman–Crippen MR) is 92.1 cm³/mol. The monoisotopic (exact) mass is 335 g/mol. The second kappa shape index (κ2) is 6.87. The van der Waals surface area contributed by atoms with E-state index in [0.717, 1.165) is 22.7 Å². The van der Waals surface area contributed by atoms with E-state index in [9.17, 15) is 4.79 Å². The number of thiophene rings is 1. The van der Waals surface area contributed by atoms with E-state index in [0.29, 0.717) is 11.0 Å². The third-order valence-electron chi connectivity index (χ3n) is 3.88. The first kappa shape index (κ1) is 15.6. The van der Waals surface area contributed by atoms with Gasteiger partial charge in [0.15, 0.2) is 0 Å². The number of aryl methyl sites for hydroxylation is 2. The van der Waals surface area contributed by atoms with Gasteiger partial charge in [-0.1, -0.05) is 38.0 Å². The number of aromatic nitrogens is 2. The largest absolute Gasteiger partial charge is 0.296 e. The lowest BCUT2D eigenvalue weighted by atomic mass is 10.00. The number of carbonyl (C=O) groups is 1. The van der Waals surface area contributed by atoms with Crippen LogP contribution >= 0.6 is 22.7 Å². The summed E-state index contributed by atoms with van der Waals surface area (Å²) in [6.07, 6.45) is 7.31. The number of nitrogens with zero attached hydrogens (tertiary/aromatic N) is 2. The molecule has 0 saturated carbocycles. The zero-order chi connectivity index (χ0) is 15.5. The molecule has 22 heavy (non-hydrogen) atoms. The topological polar surface area (TPSA) is 54.9 Å².